The molecule has 1 atom stereocenters. The molecule has 0 heterocycles. The van der Waals surface area contributed by atoms with Gasteiger partial charge in [-0.15, -0.1) is 0 Å². The maximum absolute atomic E-state index is 6.12. The zero-order valence-corrected chi connectivity index (χ0v) is 11.8. The van der Waals surface area contributed by atoms with Crippen LogP contribution in [0.15, 0.2) is 24.3 Å². The minimum Gasteiger partial charge on any atom is -0.486 e. The van der Waals surface area contributed by atoms with E-state index in [-0.39, 0.29) is 5.60 Å². The van der Waals surface area contributed by atoms with Gasteiger partial charge in [0.25, 0.3) is 0 Å². The Balaban J connectivity index is 1.94. The highest BCUT2D eigenvalue weighted by molar-refractivity contribution is 5.30. The van der Waals surface area contributed by atoms with Crippen LogP contribution in [0, 0.1) is 0 Å². The Morgan fingerprint density at radius 2 is 1.89 bits per heavy atom. The van der Waals surface area contributed by atoms with Crippen LogP contribution in [0.1, 0.15) is 51.5 Å². The fourth-order valence-corrected chi connectivity index (χ4v) is 2.16. The van der Waals surface area contributed by atoms with Crippen molar-refractivity contribution in [3.63, 3.8) is 0 Å². The van der Waals surface area contributed by atoms with E-state index in [9.17, 15) is 0 Å². The van der Waals surface area contributed by atoms with Gasteiger partial charge in [-0.2, -0.15) is 0 Å². The van der Waals surface area contributed by atoms with Crippen LogP contribution in [0.25, 0.3) is 0 Å². The normalized spacial score (nSPS) is 18.4. The Kier molecular flexibility index (Phi) is 4.28. The SMILES string of the molecule is CCNCC1(Oc2ccc(C(C)CC)cc2)CC1. The molecule has 0 aliphatic heterocycles. The van der Waals surface area contributed by atoms with Crippen molar-refractivity contribution in [1.82, 2.24) is 5.32 Å². The lowest BCUT2D eigenvalue weighted by Gasteiger charge is -2.19. The lowest BCUT2D eigenvalue weighted by molar-refractivity contribution is 0.176. The van der Waals surface area contributed by atoms with Crippen molar-refractivity contribution in [2.24, 2.45) is 0 Å². The topological polar surface area (TPSA) is 21.3 Å². The number of hydrogen-bond acceptors (Lipinski definition) is 2. The molecule has 18 heavy (non-hydrogen) atoms. The average Bonchev–Trinajstić information content (AvgIpc) is 3.16. The first-order valence-corrected chi connectivity index (χ1v) is 7.19. The van der Waals surface area contributed by atoms with Gasteiger partial charge in [-0.05, 0) is 49.4 Å². The Morgan fingerprint density at radius 1 is 1.22 bits per heavy atom. The van der Waals surface area contributed by atoms with Crippen LogP contribution in [-0.4, -0.2) is 18.7 Å². The minimum atomic E-state index is 0.0773. The molecule has 0 saturated heterocycles. The van der Waals surface area contributed by atoms with E-state index < -0.39 is 0 Å². The highest BCUT2D eigenvalue weighted by Gasteiger charge is 2.44. The van der Waals surface area contributed by atoms with E-state index in [2.05, 4.69) is 50.4 Å². The molecule has 0 aromatic heterocycles. The van der Waals surface area contributed by atoms with Crippen molar-refractivity contribution in [3.05, 3.63) is 29.8 Å². The third-order valence-corrected chi connectivity index (χ3v) is 3.90. The molecule has 2 nitrogen and oxygen atoms in total. The Hall–Kier alpha value is -1.02. The summed E-state index contributed by atoms with van der Waals surface area (Å²) in [5.74, 6) is 1.65. The van der Waals surface area contributed by atoms with Gasteiger partial charge in [0.05, 0.1) is 0 Å². The minimum absolute atomic E-state index is 0.0773. The lowest BCUT2D eigenvalue weighted by Crippen LogP contribution is -2.33. The summed E-state index contributed by atoms with van der Waals surface area (Å²) in [6, 6.07) is 8.64. The standard InChI is InChI=1S/C16H25NO/c1-4-13(3)14-6-8-15(9-7-14)18-16(10-11-16)12-17-5-2/h6-9,13,17H,4-5,10-12H2,1-3H3. The summed E-state index contributed by atoms with van der Waals surface area (Å²) >= 11 is 0. The lowest BCUT2D eigenvalue weighted by atomic mass is 9.99. The van der Waals surface area contributed by atoms with E-state index in [1.54, 1.807) is 0 Å². The Bertz CT molecular complexity index is 367. The highest BCUT2D eigenvalue weighted by Crippen LogP contribution is 2.39. The van der Waals surface area contributed by atoms with Crippen molar-refractivity contribution in [2.45, 2.75) is 51.6 Å². The average molecular weight is 247 g/mol. The molecule has 1 aliphatic rings. The predicted octanol–water partition coefficient (Wildman–Crippen LogP) is 3.72. The van der Waals surface area contributed by atoms with Gasteiger partial charge in [-0.25, -0.2) is 0 Å². The maximum atomic E-state index is 6.12. The molecular weight excluding hydrogens is 222 g/mol. The van der Waals surface area contributed by atoms with E-state index in [0.29, 0.717) is 5.92 Å². The molecule has 1 N–H and O–H groups in total. The van der Waals surface area contributed by atoms with E-state index in [0.717, 1.165) is 18.8 Å². The third-order valence-electron chi connectivity index (χ3n) is 3.90. The molecule has 0 radical (unpaired) electrons. The first kappa shape index (κ1) is 13.4. The smallest absolute Gasteiger partial charge is 0.122 e. The fourth-order valence-electron chi connectivity index (χ4n) is 2.16. The molecule has 1 aromatic rings. The van der Waals surface area contributed by atoms with Crippen LogP contribution in [0.4, 0.5) is 0 Å². The van der Waals surface area contributed by atoms with Crippen molar-refractivity contribution < 1.29 is 4.74 Å². The largest absolute Gasteiger partial charge is 0.486 e. The van der Waals surface area contributed by atoms with Gasteiger partial charge < -0.3 is 10.1 Å². The van der Waals surface area contributed by atoms with Crippen LogP contribution in [0.3, 0.4) is 0 Å². The number of ether oxygens (including phenoxy) is 1. The first-order valence-electron chi connectivity index (χ1n) is 7.19. The van der Waals surface area contributed by atoms with E-state index in [1.807, 2.05) is 0 Å². The van der Waals surface area contributed by atoms with Crippen LogP contribution < -0.4 is 10.1 Å². The molecule has 0 amide bonds. The monoisotopic (exact) mass is 247 g/mol. The van der Waals surface area contributed by atoms with E-state index in [1.165, 1.54) is 24.8 Å². The van der Waals surface area contributed by atoms with Crippen molar-refractivity contribution in [1.29, 1.82) is 0 Å². The summed E-state index contributed by atoms with van der Waals surface area (Å²) in [5, 5.41) is 3.39. The van der Waals surface area contributed by atoms with Crippen LogP contribution in [0.2, 0.25) is 0 Å². The number of likely N-dealkylation sites (N-methyl/N-ethyl adjacent to an activating group) is 1. The molecule has 2 heteroatoms. The number of nitrogens with one attached hydrogen (secondary N) is 1. The van der Waals surface area contributed by atoms with Crippen molar-refractivity contribution in [3.8, 4) is 5.75 Å². The van der Waals surface area contributed by atoms with Gasteiger partial charge in [-0.1, -0.05) is 32.9 Å². The summed E-state index contributed by atoms with van der Waals surface area (Å²) in [5.41, 5.74) is 1.48. The summed E-state index contributed by atoms with van der Waals surface area (Å²) in [6.45, 7) is 8.61. The van der Waals surface area contributed by atoms with Crippen LogP contribution in [-0.2, 0) is 0 Å². The van der Waals surface area contributed by atoms with Crippen molar-refractivity contribution in [2.75, 3.05) is 13.1 Å². The molecule has 2 rings (SSSR count). The van der Waals surface area contributed by atoms with Crippen LogP contribution in [0.5, 0.6) is 5.75 Å². The molecular formula is C16H25NO. The molecule has 100 valence electrons. The van der Waals surface area contributed by atoms with Crippen molar-refractivity contribution >= 4 is 0 Å². The van der Waals surface area contributed by atoms with Gasteiger partial charge in [-0.3, -0.25) is 0 Å². The summed E-state index contributed by atoms with van der Waals surface area (Å²) in [6.07, 6.45) is 3.53. The Morgan fingerprint density at radius 3 is 2.39 bits per heavy atom. The molecule has 1 fully saturated rings. The third kappa shape index (κ3) is 3.26. The molecule has 1 saturated carbocycles. The molecule has 0 spiro atoms. The second kappa shape index (κ2) is 5.75. The van der Waals surface area contributed by atoms with Gasteiger partial charge >= 0.3 is 0 Å². The zero-order valence-electron chi connectivity index (χ0n) is 11.8. The zero-order chi connectivity index (χ0) is 13.0. The maximum Gasteiger partial charge on any atom is 0.122 e. The Labute approximate surface area is 111 Å². The molecule has 1 unspecified atom stereocenters. The summed E-state index contributed by atoms with van der Waals surface area (Å²) in [7, 11) is 0. The second-order valence-corrected chi connectivity index (χ2v) is 5.44. The number of benzene rings is 1. The predicted molar refractivity (Wildman–Crippen MR) is 76.3 cm³/mol. The fraction of sp³-hybridized carbons (Fsp3) is 0.625. The van der Waals surface area contributed by atoms with Crippen LogP contribution >= 0.6 is 0 Å². The molecule has 1 aliphatic carbocycles. The second-order valence-electron chi connectivity index (χ2n) is 5.44. The van der Waals surface area contributed by atoms with E-state index >= 15 is 0 Å². The highest BCUT2D eigenvalue weighted by atomic mass is 16.5. The first-order chi connectivity index (χ1) is 8.69. The molecule has 1 aromatic carbocycles. The quantitative estimate of drug-likeness (QED) is 0.793. The van der Waals surface area contributed by atoms with Gasteiger partial charge in [0.1, 0.15) is 11.4 Å². The van der Waals surface area contributed by atoms with Gasteiger partial charge in [0.15, 0.2) is 0 Å². The van der Waals surface area contributed by atoms with Gasteiger partial charge in [0, 0.05) is 6.54 Å². The number of rotatable bonds is 7. The molecule has 0 bridgehead atoms. The van der Waals surface area contributed by atoms with E-state index in [4.69, 9.17) is 4.74 Å². The summed E-state index contributed by atoms with van der Waals surface area (Å²) in [4.78, 5) is 0. The van der Waals surface area contributed by atoms with Gasteiger partial charge in [0.2, 0.25) is 0 Å². The summed E-state index contributed by atoms with van der Waals surface area (Å²) < 4.78 is 6.12. The number of hydrogen-bond donors (Lipinski definition) is 1.